The summed E-state index contributed by atoms with van der Waals surface area (Å²) < 4.78 is 0. The maximum atomic E-state index is 12.7. The van der Waals surface area contributed by atoms with Crippen molar-refractivity contribution in [2.24, 2.45) is 5.92 Å². The maximum Gasteiger partial charge on any atom is 0.227 e. The van der Waals surface area contributed by atoms with Gasteiger partial charge in [-0.2, -0.15) is 0 Å². The van der Waals surface area contributed by atoms with Gasteiger partial charge in [0.15, 0.2) is 0 Å². The van der Waals surface area contributed by atoms with Crippen LogP contribution in [0.3, 0.4) is 0 Å². The third-order valence-corrected chi connectivity index (χ3v) is 5.10. The second-order valence-corrected chi connectivity index (χ2v) is 7.55. The highest BCUT2D eigenvalue weighted by molar-refractivity contribution is 6.34. The highest BCUT2D eigenvalue weighted by atomic mass is 35.5. The number of hydrogen-bond acceptors (Lipinski definition) is 4. The molecule has 0 saturated carbocycles. The minimum Gasteiger partial charge on any atom is -0.341 e. The normalized spacial score (nSPS) is 15.2. The second kappa shape index (κ2) is 7.62. The first-order valence-electron chi connectivity index (χ1n) is 8.98. The Morgan fingerprint density at radius 2 is 1.69 bits per heavy atom. The number of nitrogens with one attached hydrogen (secondary N) is 1. The summed E-state index contributed by atoms with van der Waals surface area (Å²) in [6.45, 7) is 9.48. The van der Waals surface area contributed by atoms with Crippen LogP contribution in [0, 0.1) is 33.6 Å². The van der Waals surface area contributed by atoms with Crippen molar-refractivity contribution in [3.8, 4) is 0 Å². The van der Waals surface area contributed by atoms with Crippen LogP contribution < -0.4 is 10.2 Å². The summed E-state index contributed by atoms with van der Waals surface area (Å²) in [5.41, 5.74) is 4.74. The Balaban J connectivity index is 1.64. The van der Waals surface area contributed by atoms with Gasteiger partial charge < -0.3 is 10.2 Å². The van der Waals surface area contributed by atoms with E-state index in [1.54, 1.807) is 0 Å². The van der Waals surface area contributed by atoms with E-state index in [-0.39, 0.29) is 11.8 Å². The van der Waals surface area contributed by atoms with E-state index in [0.717, 1.165) is 60.1 Å². The van der Waals surface area contributed by atoms with Crippen LogP contribution in [0.15, 0.2) is 18.2 Å². The summed E-state index contributed by atoms with van der Waals surface area (Å²) in [6.07, 6.45) is 1.56. The van der Waals surface area contributed by atoms with Crippen molar-refractivity contribution in [3.63, 3.8) is 0 Å². The zero-order valence-electron chi connectivity index (χ0n) is 15.8. The van der Waals surface area contributed by atoms with Gasteiger partial charge in [0.25, 0.3) is 0 Å². The van der Waals surface area contributed by atoms with Gasteiger partial charge in [0.1, 0.15) is 0 Å². The third-order valence-electron chi connectivity index (χ3n) is 4.80. The summed E-state index contributed by atoms with van der Waals surface area (Å²) in [6, 6.07) is 5.88. The van der Waals surface area contributed by atoms with Gasteiger partial charge >= 0.3 is 0 Å². The average Bonchev–Trinajstić information content (AvgIpc) is 2.57. The Morgan fingerprint density at radius 3 is 2.27 bits per heavy atom. The molecule has 1 saturated heterocycles. The number of carbonyl (C=O) groups is 1. The zero-order chi connectivity index (χ0) is 18.8. The number of benzene rings is 1. The molecule has 0 radical (unpaired) electrons. The van der Waals surface area contributed by atoms with Crippen molar-refractivity contribution < 1.29 is 4.79 Å². The van der Waals surface area contributed by atoms with Crippen LogP contribution in [0.4, 0.5) is 11.6 Å². The number of aromatic nitrogens is 2. The lowest BCUT2D eigenvalue weighted by atomic mass is 9.95. The van der Waals surface area contributed by atoms with Gasteiger partial charge in [-0.05, 0) is 63.8 Å². The molecule has 1 aromatic heterocycles. The molecule has 1 N–H and O–H groups in total. The van der Waals surface area contributed by atoms with Gasteiger partial charge in [-0.1, -0.05) is 17.7 Å². The number of piperidine rings is 1. The molecule has 0 spiro atoms. The molecule has 0 bridgehead atoms. The van der Waals surface area contributed by atoms with Crippen LogP contribution in [-0.2, 0) is 4.79 Å². The molecule has 6 heteroatoms. The van der Waals surface area contributed by atoms with Crippen molar-refractivity contribution >= 4 is 29.1 Å². The largest absolute Gasteiger partial charge is 0.341 e. The predicted octanol–water partition coefficient (Wildman–Crippen LogP) is 4.22. The number of anilines is 2. The molecule has 2 heterocycles. The lowest BCUT2D eigenvalue weighted by molar-refractivity contribution is -0.120. The first-order valence-corrected chi connectivity index (χ1v) is 9.36. The molecular weight excluding hydrogens is 348 g/mol. The molecule has 1 fully saturated rings. The quantitative estimate of drug-likeness (QED) is 0.876. The minimum atomic E-state index is -0.0195. The Hall–Kier alpha value is -2.14. The molecular formula is C20H25ClN4O. The van der Waals surface area contributed by atoms with E-state index in [2.05, 4.69) is 20.2 Å². The fraction of sp³-hybridized carbons (Fsp3) is 0.450. The number of halogens is 1. The van der Waals surface area contributed by atoms with Crippen LogP contribution in [-0.4, -0.2) is 29.0 Å². The van der Waals surface area contributed by atoms with Crippen molar-refractivity contribution in [2.75, 3.05) is 23.3 Å². The molecule has 0 aliphatic carbocycles. The van der Waals surface area contributed by atoms with Crippen molar-refractivity contribution in [1.29, 1.82) is 0 Å². The van der Waals surface area contributed by atoms with Gasteiger partial charge in [-0.3, -0.25) is 4.79 Å². The van der Waals surface area contributed by atoms with Gasteiger partial charge in [0.05, 0.1) is 10.7 Å². The number of aryl methyl sites for hydroxylation is 4. The molecule has 3 rings (SSSR count). The molecule has 5 nitrogen and oxygen atoms in total. The Kier molecular flexibility index (Phi) is 5.47. The molecule has 2 aromatic rings. The van der Waals surface area contributed by atoms with Crippen molar-refractivity contribution in [3.05, 3.63) is 45.7 Å². The van der Waals surface area contributed by atoms with Crippen LogP contribution in [0.2, 0.25) is 5.02 Å². The molecule has 138 valence electrons. The summed E-state index contributed by atoms with van der Waals surface area (Å²) in [5, 5.41) is 3.62. The Morgan fingerprint density at radius 1 is 1.08 bits per heavy atom. The summed E-state index contributed by atoms with van der Waals surface area (Å²) in [7, 11) is 0. The fourth-order valence-electron chi connectivity index (χ4n) is 3.49. The number of carbonyl (C=O) groups excluding carboxylic acids is 1. The number of rotatable bonds is 3. The number of nitrogens with zero attached hydrogens (tertiary/aromatic N) is 3. The zero-order valence-corrected chi connectivity index (χ0v) is 16.5. The van der Waals surface area contributed by atoms with E-state index in [9.17, 15) is 4.79 Å². The topological polar surface area (TPSA) is 58.1 Å². The lowest BCUT2D eigenvalue weighted by Gasteiger charge is -2.31. The molecule has 1 amide bonds. The number of amides is 1. The number of hydrogen-bond donors (Lipinski definition) is 1. The standard InChI is InChI=1S/C20H25ClN4O/c1-12-9-13(2)18(17(21)10-12)24-19(26)16-5-7-25(8-6-16)20-22-14(3)11-15(4)23-20/h9-11,16H,5-8H2,1-4H3,(H,24,26). The van der Waals surface area contributed by atoms with E-state index in [1.807, 2.05) is 45.9 Å². The Labute approximate surface area is 159 Å². The predicted molar refractivity (Wildman–Crippen MR) is 106 cm³/mol. The third kappa shape index (κ3) is 4.15. The van der Waals surface area contributed by atoms with E-state index < -0.39 is 0 Å². The summed E-state index contributed by atoms with van der Waals surface area (Å²) >= 11 is 6.31. The van der Waals surface area contributed by atoms with Crippen LogP contribution in [0.25, 0.3) is 0 Å². The SMILES string of the molecule is Cc1cc(C)c(NC(=O)C2CCN(c3nc(C)cc(C)n3)CC2)c(Cl)c1. The highest BCUT2D eigenvalue weighted by Gasteiger charge is 2.27. The molecule has 1 aromatic carbocycles. The fourth-order valence-corrected chi connectivity index (χ4v) is 3.86. The van der Waals surface area contributed by atoms with Gasteiger partial charge in [0, 0.05) is 30.4 Å². The highest BCUT2D eigenvalue weighted by Crippen LogP contribution is 2.29. The average molecular weight is 373 g/mol. The molecule has 0 atom stereocenters. The van der Waals surface area contributed by atoms with Crippen molar-refractivity contribution in [1.82, 2.24) is 9.97 Å². The minimum absolute atomic E-state index is 0.0195. The van der Waals surface area contributed by atoms with Gasteiger partial charge in [-0.15, -0.1) is 0 Å². The van der Waals surface area contributed by atoms with E-state index in [1.165, 1.54) is 0 Å². The lowest BCUT2D eigenvalue weighted by Crippen LogP contribution is -2.39. The molecule has 1 aliphatic heterocycles. The smallest absolute Gasteiger partial charge is 0.227 e. The van der Waals surface area contributed by atoms with Crippen LogP contribution in [0.1, 0.15) is 35.4 Å². The summed E-state index contributed by atoms with van der Waals surface area (Å²) in [5.74, 6) is 0.785. The van der Waals surface area contributed by atoms with Crippen molar-refractivity contribution in [2.45, 2.75) is 40.5 Å². The van der Waals surface area contributed by atoms with Gasteiger partial charge in [0.2, 0.25) is 11.9 Å². The first kappa shape index (κ1) is 18.6. The van der Waals surface area contributed by atoms with Gasteiger partial charge in [-0.25, -0.2) is 9.97 Å². The monoisotopic (exact) mass is 372 g/mol. The second-order valence-electron chi connectivity index (χ2n) is 7.14. The van der Waals surface area contributed by atoms with Crippen LogP contribution >= 0.6 is 11.6 Å². The van der Waals surface area contributed by atoms with Crippen LogP contribution in [0.5, 0.6) is 0 Å². The molecule has 0 unspecified atom stereocenters. The van der Waals surface area contributed by atoms with E-state index in [4.69, 9.17) is 11.6 Å². The maximum absolute atomic E-state index is 12.7. The van der Waals surface area contributed by atoms with E-state index >= 15 is 0 Å². The first-order chi connectivity index (χ1) is 12.3. The molecule has 1 aliphatic rings. The Bertz CT molecular complexity index is 785. The van der Waals surface area contributed by atoms with E-state index in [0.29, 0.717) is 5.02 Å². The molecule has 26 heavy (non-hydrogen) atoms. The summed E-state index contributed by atoms with van der Waals surface area (Å²) in [4.78, 5) is 23.9.